The molecule has 15 heteroatoms. The van der Waals surface area contributed by atoms with Crippen LogP contribution in [0.3, 0.4) is 0 Å². The smallest absolute Gasteiger partial charge is 0.326 e. The van der Waals surface area contributed by atoms with Gasteiger partial charge in [0.2, 0.25) is 17.7 Å². The minimum Gasteiger partial charge on any atom is -0.508 e. The van der Waals surface area contributed by atoms with Crippen LogP contribution in [0.25, 0.3) is 0 Å². The van der Waals surface area contributed by atoms with Crippen molar-refractivity contribution in [2.75, 3.05) is 6.54 Å². The summed E-state index contributed by atoms with van der Waals surface area (Å²) >= 11 is 0. The van der Waals surface area contributed by atoms with Gasteiger partial charge in [0.1, 0.15) is 23.9 Å². The number of unbranched alkanes of at least 4 members (excludes halogenated alkanes) is 1. The number of rotatable bonds is 17. The number of amides is 3. The normalized spacial score (nSPS) is 13.8. The van der Waals surface area contributed by atoms with Gasteiger partial charge in [0.25, 0.3) is 0 Å². The zero-order chi connectivity index (χ0) is 29.7. The van der Waals surface area contributed by atoms with Crippen molar-refractivity contribution in [3.63, 3.8) is 0 Å². The Balaban J connectivity index is 2.23. The van der Waals surface area contributed by atoms with Gasteiger partial charge in [-0.25, -0.2) is 9.78 Å². The maximum absolute atomic E-state index is 13.4. The molecule has 0 bridgehead atoms. The lowest BCUT2D eigenvalue weighted by molar-refractivity contribution is -0.142. The summed E-state index contributed by atoms with van der Waals surface area (Å²) in [6.45, 7) is 0.334. The first-order valence-corrected chi connectivity index (χ1v) is 12.6. The minimum absolute atomic E-state index is 0.0166. The number of nitrogens with zero attached hydrogens (tertiary/aromatic N) is 1. The van der Waals surface area contributed by atoms with E-state index >= 15 is 0 Å². The van der Waals surface area contributed by atoms with Gasteiger partial charge in [-0.05, 0) is 43.5 Å². The number of phenols is 1. The van der Waals surface area contributed by atoms with Crippen molar-refractivity contribution in [1.29, 1.82) is 0 Å². The SMILES string of the molecule is NCCCCC(NC(=O)C(Cc1ccc(O)cc1)NC(=O)C(N)CC(=O)O)C(=O)NC(Cc1cnc[nH]1)C(=O)O. The van der Waals surface area contributed by atoms with Crippen LogP contribution in [0.1, 0.15) is 36.9 Å². The number of aromatic amines is 1. The van der Waals surface area contributed by atoms with E-state index in [-0.39, 0.29) is 25.0 Å². The number of hydrogen-bond acceptors (Lipinski definition) is 9. The number of aromatic hydroxyl groups is 1. The van der Waals surface area contributed by atoms with E-state index in [1.54, 1.807) is 0 Å². The number of nitrogens with one attached hydrogen (secondary N) is 4. The molecule has 2 aromatic rings. The molecule has 4 unspecified atom stereocenters. The van der Waals surface area contributed by atoms with Gasteiger partial charge in [0.05, 0.1) is 18.8 Å². The van der Waals surface area contributed by atoms with E-state index in [9.17, 15) is 34.2 Å². The summed E-state index contributed by atoms with van der Waals surface area (Å²) in [6.07, 6.45) is 3.07. The van der Waals surface area contributed by atoms with Gasteiger partial charge in [0.15, 0.2) is 0 Å². The molecular weight excluding hydrogens is 526 g/mol. The number of aromatic nitrogens is 2. The van der Waals surface area contributed by atoms with E-state index in [4.69, 9.17) is 16.6 Å². The van der Waals surface area contributed by atoms with E-state index in [2.05, 4.69) is 25.9 Å². The maximum Gasteiger partial charge on any atom is 0.326 e. The highest BCUT2D eigenvalue weighted by Gasteiger charge is 2.31. The first-order chi connectivity index (χ1) is 19.0. The number of hydrogen-bond donors (Lipinski definition) is 9. The number of phenolic OH excluding ortho intramolecular Hbond substituents is 1. The summed E-state index contributed by atoms with van der Waals surface area (Å²) in [4.78, 5) is 68.4. The Hall–Kier alpha value is -4.50. The van der Waals surface area contributed by atoms with Crippen molar-refractivity contribution in [2.24, 2.45) is 11.5 Å². The third-order valence-electron chi connectivity index (χ3n) is 5.91. The molecule has 1 heterocycles. The molecule has 218 valence electrons. The van der Waals surface area contributed by atoms with Gasteiger partial charge in [-0.3, -0.25) is 19.2 Å². The average Bonchev–Trinajstić information content (AvgIpc) is 3.41. The fourth-order valence-electron chi connectivity index (χ4n) is 3.76. The van der Waals surface area contributed by atoms with E-state index in [1.807, 2.05) is 0 Å². The van der Waals surface area contributed by atoms with Crippen LogP contribution in [-0.2, 0) is 36.8 Å². The zero-order valence-electron chi connectivity index (χ0n) is 21.7. The van der Waals surface area contributed by atoms with Gasteiger partial charge >= 0.3 is 11.9 Å². The Kier molecular flexibility index (Phi) is 12.5. The number of carboxylic acids is 2. The van der Waals surface area contributed by atoms with Crippen molar-refractivity contribution in [2.45, 2.75) is 62.7 Å². The summed E-state index contributed by atoms with van der Waals surface area (Å²) in [5.74, 6) is -5.04. The molecule has 3 amide bonds. The Morgan fingerprint density at radius 1 is 0.875 bits per heavy atom. The number of carboxylic acid groups (broad SMARTS) is 2. The van der Waals surface area contributed by atoms with Crippen LogP contribution in [-0.4, -0.2) is 85.7 Å². The average molecular weight is 562 g/mol. The predicted octanol–water partition coefficient (Wildman–Crippen LogP) is -1.63. The predicted molar refractivity (Wildman–Crippen MR) is 141 cm³/mol. The topological polar surface area (TPSA) is 263 Å². The lowest BCUT2D eigenvalue weighted by Crippen LogP contribution is -2.58. The van der Waals surface area contributed by atoms with E-state index in [0.29, 0.717) is 30.6 Å². The molecule has 0 fully saturated rings. The molecule has 40 heavy (non-hydrogen) atoms. The van der Waals surface area contributed by atoms with Crippen molar-refractivity contribution in [3.8, 4) is 5.75 Å². The largest absolute Gasteiger partial charge is 0.508 e. The highest BCUT2D eigenvalue weighted by Crippen LogP contribution is 2.12. The Bertz CT molecular complexity index is 1140. The number of imidazole rings is 1. The standard InChI is InChI=1S/C25H35N7O8/c26-8-2-1-3-18(23(37)32-20(25(39)40)10-15-12-28-13-29-15)30-24(38)19(9-14-4-6-16(33)7-5-14)31-22(36)17(27)11-21(34)35/h4-7,12-13,17-20,33H,1-3,8-11,26-27H2,(H,28,29)(H,30,38)(H,31,36)(H,32,37)(H,34,35)(H,39,40). The fraction of sp³-hybridized carbons (Fsp3) is 0.440. The van der Waals surface area contributed by atoms with Crippen LogP contribution in [0.2, 0.25) is 0 Å². The lowest BCUT2D eigenvalue weighted by atomic mass is 10.0. The number of carbonyl (C=O) groups excluding carboxylic acids is 3. The molecule has 0 aliphatic heterocycles. The van der Waals surface area contributed by atoms with Crippen molar-refractivity contribution in [3.05, 3.63) is 48.0 Å². The van der Waals surface area contributed by atoms with Crippen LogP contribution in [0, 0.1) is 0 Å². The van der Waals surface area contributed by atoms with Crippen molar-refractivity contribution < 1.29 is 39.3 Å². The Morgan fingerprint density at radius 3 is 2.08 bits per heavy atom. The van der Waals surface area contributed by atoms with E-state index < -0.39 is 60.2 Å². The van der Waals surface area contributed by atoms with Crippen LogP contribution in [0.5, 0.6) is 5.75 Å². The fourth-order valence-corrected chi connectivity index (χ4v) is 3.76. The summed E-state index contributed by atoms with van der Waals surface area (Å²) in [7, 11) is 0. The molecule has 15 nitrogen and oxygen atoms in total. The highest BCUT2D eigenvalue weighted by molar-refractivity contribution is 5.94. The second kappa shape index (κ2) is 15.8. The molecule has 0 radical (unpaired) electrons. The first-order valence-electron chi connectivity index (χ1n) is 12.6. The molecule has 1 aromatic carbocycles. The molecule has 0 aliphatic rings. The molecule has 1 aromatic heterocycles. The van der Waals surface area contributed by atoms with Gasteiger partial charge < -0.3 is 47.7 Å². The molecule has 0 spiro atoms. The Labute approximate surface area is 229 Å². The lowest BCUT2D eigenvalue weighted by Gasteiger charge is -2.25. The number of carbonyl (C=O) groups is 5. The van der Waals surface area contributed by atoms with Crippen LogP contribution < -0.4 is 27.4 Å². The first kappa shape index (κ1) is 31.7. The highest BCUT2D eigenvalue weighted by atomic mass is 16.4. The maximum atomic E-state index is 13.4. The van der Waals surface area contributed by atoms with E-state index in [1.165, 1.54) is 36.8 Å². The molecular formula is C25H35N7O8. The molecule has 2 rings (SSSR count). The Morgan fingerprint density at radius 2 is 1.50 bits per heavy atom. The number of H-pyrrole nitrogens is 1. The second-order valence-corrected chi connectivity index (χ2v) is 9.16. The van der Waals surface area contributed by atoms with Gasteiger partial charge in [-0.1, -0.05) is 12.1 Å². The van der Waals surface area contributed by atoms with Gasteiger partial charge in [0, 0.05) is 24.7 Å². The number of benzene rings is 1. The number of aliphatic carboxylic acids is 2. The molecule has 11 N–H and O–H groups in total. The van der Waals surface area contributed by atoms with Gasteiger partial charge in [-0.15, -0.1) is 0 Å². The van der Waals surface area contributed by atoms with Crippen molar-refractivity contribution in [1.82, 2.24) is 25.9 Å². The summed E-state index contributed by atoms with van der Waals surface area (Å²) in [5, 5.41) is 35.5. The summed E-state index contributed by atoms with van der Waals surface area (Å²) < 4.78 is 0. The van der Waals surface area contributed by atoms with Crippen LogP contribution >= 0.6 is 0 Å². The second-order valence-electron chi connectivity index (χ2n) is 9.16. The summed E-state index contributed by atoms with van der Waals surface area (Å²) in [5.41, 5.74) is 12.2. The summed E-state index contributed by atoms with van der Waals surface area (Å²) in [6, 6.07) is 0.623. The van der Waals surface area contributed by atoms with Crippen LogP contribution in [0.15, 0.2) is 36.8 Å². The molecule has 4 atom stereocenters. The zero-order valence-corrected chi connectivity index (χ0v) is 21.7. The molecule has 0 saturated carbocycles. The molecule has 0 aliphatic carbocycles. The third-order valence-corrected chi connectivity index (χ3v) is 5.91. The van der Waals surface area contributed by atoms with Gasteiger partial charge in [-0.2, -0.15) is 0 Å². The monoisotopic (exact) mass is 561 g/mol. The third kappa shape index (κ3) is 10.7. The quantitative estimate of drug-likeness (QED) is 0.0990. The van der Waals surface area contributed by atoms with Crippen LogP contribution in [0.4, 0.5) is 0 Å². The number of nitrogens with two attached hydrogens (primary N) is 2. The van der Waals surface area contributed by atoms with Crippen molar-refractivity contribution >= 4 is 29.7 Å². The minimum atomic E-state index is -1.44. The van der Waals surface area contributed by atoms with E-state index in [0.717, 1.165) is 0 Å². The molecule has 0 saturated heterocycles.